The Morgan fingerprint density at radius 2 is 1.80 bits per heavy atom. The number of nitrogens with one attached hydrogen (secondary N) is 1. The largest absolute Gasteiger partial charge is 0.311 e. The summed E-state index contributed by atoms with van der Waals surface area (Å²) >= 11 is 3.58. The van der Waals surface area contributed by atoms with Crippen molar-refractivity contribution in [1.29, 1.82) is 0 Å². The highest BCUT2D eigenvalue weighted by atomic mass is 79.9. The Labute approximate surface area is 131 Å². The Hall–Kier alpha value is -0.340. The van der Waals surface area contributed by atoms with Crippen LogP contribution in [0, 0.1) is 11.8 Å². The van der Waals surface area contributed by atoms with Gasteiger partial charge in [0.25, 0.3) is 0 Å². The minimum atomic E-state index is 0.754. The van der Waals surface area contributed by atoms with Crippen LogP contribution in [0.1, 0.15) is 57.4 Å². The second-order valence-electron chi connectivity index (χ2n) is 7.05. The molecule has 1 nitrogen and oxygen atoms in total. The average molecular weight is 336 g/mol. The van der Waals surface area contributed by atoms with E-state index in [-0.39, 0.29) is 0 Å². The molecule has 2 fully saturated rings. The Morgan fingerprint density at radius 3 is 2.50 bits per heavy atom. The van der Waals surface area contributed by atoms with E-state index in [2.05, 4.69) is 59.4 Å². The van der Waals surface area contributed by atoms with Gasteiger partial charge in [-0.3, -0.25) is 0 Å². The van der Waals surface area contributed by atoms with E-state index >= 15 is 0 Å². The van der Waals surface area contributed by atoms with Gasteiger partial charge in [0.2, 0.25) is 0 Å². The predicted molar refractivity (Wildman–Crippen MR) is 89.0 cm³/mol. The van der Waals surface area contributed by atoms with Crippen molar-refractivity contribution in [3.8, 4) is 0 Å². The minimum absolute atomic E-state index is 0.754. The lowest BCUT2D eigenvalue weighted by Crippen LogP contribution is -2.47. The number of hydrogen-bond donors (Lipinski definition) is 1. The average Bonchev–Trinajstić information content (AvgIpc) is 2.37. The van der Waals surface area contributed by atoms with E-state index in [0.717, 1.165) is 29.8 Å². The molecule has 2 saturated carbocycles. The second kappa shape index (κ2) is 6.19. The van der Waals surface area contributed by atoms with Crippen LogP contribution < -0.4 is 5.32 Å². The van der Waals surface area contributed by atoms with Gasteiger partial charge in [0.05, 0.1) is 0 Å². The molecule has 0 radical (unpaired) electrons. The van der Waals surface area contributed by atoms with E-state index < -0.39 is 0 Å². The maximum absolute atomic E-state index is 3.91. The molecular formula is C18H26BrN. The summed E-state index contributed by atoms with van der Waals surface area (Å²) in [5.41, 5.74) is 1.50. The fourth-order valence-electron chi connectivity index (χ4n) is 3.82. The fraction of sp³-hybridized carbons (Fsp3) is 0.667. The van der Waals surface area contributed by atoms with Gasteiger partial charge >= 0.3 is 0 Å². The van der Waals surface area contributed by atoms with Gasteiger partial charge in [-0.05, 0) is 67.6 Å². The van der Waals surface area contributed by atoms with Crippen molar-refractivity contribution < 1.29 is 0 Å². The highest BCUT2D eigenvalue weighted by molar-refractivity contribution is 9.10. The van der Waals surface area contributed by atoms with Crippen LogP contribution in [0.4, 0.5) is 0 Å². The summed E-state index contributed by atoms with van der Waals surface area (Å²) in [6, 6.07) is 10.4. The van der Waals surface area contributed by atoms with Crippen molar-refractivity contribution >= 4 is 15.9 Å². The first-order valence-corrected chi connectivity index (χ1v) is 8.92. The molecule has 1 N–H and O–H groups in total. The molecule has 20 heavy (non-hydrogen) atoms. The van der Waals surface area contributed by atoms with Crippen molar-refractivity contribution in [2.75, 3.05) is 0 Å². The highest BCUT2D eigenvalue weighted by Crippen LogP contribution is 2.39. The Bertz CT molecular complexity index is 452. The molecule has 0 aromatic heterocycles. The summed E-state index contributed by atoms with van der Waals surface area (Å²) in [5.74, 6) is 2.58. The number of rotatable bonds is 3. The molecule has 1 aromatic rings. The molecule has 0 amide bonds. The summed E-state index contributed by atoms with van der Waals surface area (Å²) in [6.07, 6.45) is 6.79. The smallest absolute Gasteiger partial charge is 0.0178 e. The van der Waals surface area contributed by atoms with E-state index in [4.69, 9.17) is 0 Å². The molecule has 2 aliphatic carbocycles. The van der Waals surface area contributed by atoms with Crippen molar-refractivity contribution in [1.82, 2.24) is 5.32 Å². The van der Waals surface area contributed by atoms with E-state index in [1.807, 2.05) is 0 Å². The van der Waals surface area contributed by atoms with Crippen LogP contribution in [0.3, 0.4) is 0 Å². The maximum atomic E-state index is 3.91. The molecule has 2 heteroatoms. The SMILES string of the molecule is CC1CCC(NC2CC(c3cccc(Br)c3)C2)CC1C. The van der Waals surface area contributed by atoms with Crippen LogP contribution >= 0.6 is 15.9 Å². The van der Waals surface area contributed by atoms with Crippen molar-refractivity contribution in [2.45, 2.75) is 64.0 Å². The van der Waals surface area contributed by atoms with Crippen molar-refractivity contribution in [2.24, 2.45) is 11.8 Å². The van der Waals surface area contributed by atoms with E-state index in [1.54, 1.807) is 0 Å². The normalized spacial score (nSPS) is 37.5. The molecule has 3 rings (SSSR count). The first kappa shape index (κ1) is 14.6. The fourth-order valence-corrected chi connectivity index (χ4v) is 4.24. The molecular weight excluding hydrogens is 310 g/mol. The zero-order chi connectivity index (χ0) is 14.1. The number of benzene rings is 1. The van der Waals surface area contributed by atoms with E-state index in [9.17, 15) is 0 Å². The second-order valence-corrected chi connectivity index (χ2v) is 7.97. The third kappa shape index (κ3) is 3.28. The molecule has 110 valence electrons. The summed E-state index contributed by atoms with van der Waals surface area (Å²) in [6.45, 7) is 4.83. The van der Waals surface area contributed by atoms with Gasteiger partial charge < -0.3 is 5.32 Å². The topological polar surface area (TPSA) is 12.0 Å². The minimum Gasteiger partial charge on any atom is -0.311 e. The number of hydrogen-bond acceptors (Lipinski definition) is 1. The van der Waals surface area contributed by atoms with Crippen LogP contribution in [-0.4, -0.2) is 12.1 Å². The molecule has 1 aromatic carbocycles. The zero-order valence-corrected chi connectivity index (χ0v) is 14.2. The van der Waals surface area contributed by atoms with Crippen LogP contribution in [0.5, 0.6) is 0 Å². The molecule has 3 atom stereocenters. The third-order valence-electron chi connectivity index (χ3n) is 5.53. The summed E-state index contributed by atoms with van der Waals surface area (Å²) in [7, 11) is 0. The van der Waals surface area contributed by atoms with Crippen molar-refractivity contribution in [3.63, 3.8) is 0 Å². The van der Waals surface area contributed by atoms with Gasteiger partial charge in [0.15, 0.2) is 0 Å². The molecule has 3 unspecified atom stereocenters. The van der Waals surface area contributed by atoms with Gasteiger partial charge in [-0.25, -0.2) is 0 Å². The van der Waals surface area contributed by atoms with Crippen LogP contribution in [0.2, 0.25) is 0 Å². The van der Waals surface area contributed by atoms with Gasteiger partial charge in [-0.15, -0.1) is 0 Å². The Balaban J connectivity index is 1.47. The number of halogens is 1. The van der Waals surface area contributed by atoms with E-state index in [1.165, 1.54) is 42.1 Å². The molecule has 0 spiro atoms. The summed E-state index contributed by atoms with van der Waals surface area (Å²) in [5, 5.41) is 3.91. The predicted octanol–water partition coefficient (Wildman–Crippen LogP) is 5.11. The highest BCUT2D eigenvalue weighted by Gasteiger charge is 2.33. The lowest BCUT2D eigenvalue weighted by atomic mass is 9.74. The molecule has 2 aliphatic rings. The Kier molecular flexibility index (Phi) is 4.52. The lowest BCUT2D eigenvalue weighted by molar-refractivity contribution is 0.183. The van der Waals surface area contributed by atoms with Gasteiger partial charge in [0, 0.05) is 16.6 Å². The van der Waals surface area contributed by atoms with E-state index in [0.29, 0.717) is 0 Å². The third-order valence-corrected chi connectivity index (χ3v) is 6.02. The van der Waals surface area contributed by atoms with Crippen LogP contribution in [0.15, 0.2) is 28.7 Å². The molecule has 0 bridgehead atoms. The standard InChI is InChI=1S/C18H26BrN/c1-12-6-7-17(8-13(12)2)20-18-10-15(11-18)14-4-3-5-16(19)9-14/h3-5,9,12-13,15,17-18,20H,6-8,10-11H2,1-2H3. The molecule has 0 aliphatic heterocycles. The quantitative estimate of drug-likeness (QED) is 0.809. The molecule has 0 heterocycles. The van der Waals surface area contributed by atoms with Gasteiger partial charge in [-0.1, -0.05) is 41.9 Å². The monoisotopic (exact) mass is 335 g/mol. The zero-order valence-electron chi connectivity index (χ0n) is 12.6. The Morgan fingerprint density at radius 1 is 1.00 bits per heavy atom. The van der Waals surface area contributed by atoms with Crippen molar-refractivity contribution in [3.05, 3.63) is 34.3 Å². The lowest BCUT2D eigenvalue weighted by Gasteiger charge is -2.41. The summed E-state index contributed by atoms with van der Waals surface area (Å²) in [4.78, 5) is 0. The maximum Gasteiger partial charge on any atom is 0.0178 e. The summed E-state index contributed by atoms with van der Waals surface area (Å²) < 4.78 is 1.21. The first-order chi connectivity index (χ1) is 9.61. The first-order valence-electron chi connectivity index (χ1n) is 8.13. The van der Waals surface area contributed by atoms with Crippen LogP contribution in [-0.2, 0) is 0 Å². The molecule has 0 saturated heterocycles. The van der Waals surface area contributed by atoms with Crippen LogP contribution in [0.25, 0.3) is 0 Å². The van der Waals surface area contributed by atoms with Gasteiger partial charge in [0.1, 0.15) is 0 Å². The van der Waals surface area contributed by atoms with Gasteiger partial charge in [-0.2, -0.15) is 0 Å².